The second-order valence-electron chi connectivity index (χ2n) is 4.73. The van der Waals surface area contributed by atoms with Crippen LogP contribution in [-0.2, 0) is 0 Å². The summed E-state index contributed by atoms with van der Waals surface area (Å²) in [5, 5.41) is 2.00. The number of methoxy groups -OCH3 is 1. The van der Waals surface area contributed by atoms with Crippen molar-refractivity contribution in [3.8, 4) is 16.9 Å². The van der Waals surface area contributed by atoms with Crippen LogP contribution < -0.4 is 10.5 Å². The minimum absolute atomic E-state index is 0.431. The van der Waals surface area contributed by atoms with Crippen molar-refractivity contribution in [2.75, 3.05) is 12.8 Å². The second-order valence-corrected chi connectivity index (χ2v) is 5.82. The van der Waals surface area contributed by atoms with Gasteiger partial charge in [-0.25, -0.2) is 0 Å². The molecule has 0 aliphatic carbocycles. The number of thiophene rings is 1. The Hall–Kier alpha value is -1.48. The lowest BCUT2D eigenvalue weighted by Gasteiger charge is -2.14. The standard InChI is InChI=1S/C15H19NOS/c1-9(2)12-7-11(5-6-14(12)17-4)15-10(3)18-8-13(15)16/h5-9H,16H2,1-4H3. The third-order valence-corrected chi connectivity index (χ3v) is 4.07. The molecule has 2 aromatic rings. The van der Waals surface area contributed by atoms with E-state index in [0.717, 1.165) is 17.0 Å². The van der Waals surface area contributed by atoms with E-state index in [9.17, 15) is 0 Å². The summed E-state index contributed by atoms with van der Waals surface area (Å²) >= 11 is 1.69. The number of nitrogen functional groups attached to an aromatic ring is 1. The second kappa shape index (κ2) is 5.02. The molecule has 0 saturated carbocycles. The van der Waals surface area contributed by atoms with Crippen LogP contribution in [-0.4, -0.2) is 7.11 Å². The molecule has 2 rings (SSSR count). The van der Waals surface area contributed by atoms with E-state index in [1.54, 1.807) is 18.4 Å². The van der Waals surface area contributed by atoms with E-state index in [1.165, 1.54) is 16.0 Å². The lowest BCUT2D eigenvalue weighted by atomic mass is 9.96. The van der Waals surface area contributed by atoms with Crippen molar-refractivity contribution in [2.45, 2.75) is 26.7 Å². The highest BCUT2D eigenvalue weighted by atomic mass is 32.1. The topological polar surface area (TPSA) is 35.2 Å². The SMILES string of the molecule is COc1ccc(-c2c(N)csc2C)cc1C(C)C. The summed E-state index contributed by atoms with van der Waals surface area (Å²) in [6, 6.07) is 6.30. The number of hydrogen-bond donors (Lipinski definition) is 1. The largest absolute Gasteiger partial charge is 0.496 e. The summed E-state index contributed by atoms with van der Waals surface area (Å²) in [6.45, 7) is 6.45. The molecule has 0 unspecified atom stereocenters. The van der Waals surface area contributed by atoms with Gasteiger partial charge in [-0.15, -0.1) is 11.3 Å². The highest BCUT2D eigenvalue weighted by Gasteiger charge is 2.13. The smallest absolute Gasteiger partial charge is 0.122 e. The fourth-order valence-corrected chi connectivity index (χ4v) is 2.96. The Balaban J connectivity index is 2.57. The molecule has 2 nitrogen and oxygen atoms in total. The molecule has 2 N–H and O–H groups in total. The molecule has 18 heavy (non-hydrogen) atoms. The summed E-state index contributed by atoms with van der Waals surface area (Å²) in [5.74, 6) is 1.38. The minimum Gasteiger partial charge on any atom is -0.496 e. The van der Waals surface area contributed by atoms with Crippen molar-refractivity contribution in [3.05, 3.63) is 34.0 Å². The molecule has 0 atom stereocenters. The Morgan fingerprint density at radius 1 is 1.28 bits per heavy atom. The number of anilines is 1. The quantitative estimate of drug-likeness (QED) is 0.886. The van der Waals surface area contributed by atoms with Crippen LogP contribution in [0.15, 0.2) is 23.6 Å². The molecule has 0 amide bonds. The van der Waals surface area contributed by atoms with Crippen LogP contribution in [0.1, 0.15) is 30.2 Å². The molecule has 1 aromatic carbocycles. The minimum atomic E-state index is 0.431. The van der Waals surface area contributed by atoms with Gasteiger partial charge in [0.15, 0.2) is 0 Å². The fourth-order valence-electron chi connectivity index (χ4n) is 2.18. The molecule has 3 heteroatoms. The van der Waals surface area contributed by atoms with Crippen molar-refractivity contribution >= 4 is 17.0 Å². The van der Waals surface area contributed by atoms with Gasteiger partial charge in [0.05, 0.1) is 12.8 Å². The van der Waals surface area contributed by atoms with E-state index in [4.69, 9.17) is 10.5 Å². The molecule has 0 spiro atoms. The van der Waals surface area contributed by atoms with E-state index in [0.29, 0.717) is 5.92 Å². The first-order chi connectivity index (χ1) is 8.54. The van der Waals surface area contributed by atoms with Gasteiger partial charge in [0.1, 0.15) is 5.75 Å². The van der Waals surface area contributed by atoms with Crippen LogP contribution in [0, 0.1) is 6.92 Å². The average molecular weight is 261 g/mol. The van der Waals surface area contributed by atoms with E-state index in [-0.39, 0.29) is 0 Å². The lowest BCUT2D eigenvalue weighted by molar-refractivity contribution is 0.407. The zero-order chi connectivity index (χ0) is 13.3. The van der Waals surface area contributed by atoms with Crippen molar-refractivity contribution in [1.82, 2.24) is 0 Å². The maximum atomic E-state index is 6.05. The van der Waals surface area contributed by atoms with E-state index < -0.39 is 0 Å². The molecule has 0 radical (unpaired) electrons. The molecule has 1 aromatic heterocycles. The molecular formula is C15H19NOS. The van der Waals surface area contributed by atoms with Crippen molar-refractivity contribution in [2.24, 2.45) is 0 Å². The van der Waals surface area contributed by atoms with Crippen molar-refractivity contribution in [1.29, 1.82) is 0 Å². The summed E-state index contributed by atoms with van der Waals surface area (Å²) in [4.78, 5) is 1.26. The molecule has 1 heterocycles. The Bertz CT molecular complexity index is 538. The van der Waals surface area contributed by atoms with Crippen LogP contribution in [0.2, 0.25) is 0 Å². The predicted molar refractivity (Wildman–Crippen MR) is 79.5 cm³/mol. The maximum Gasteiger partial charge on any atom is 0.122 e. The monoisotopic (exact) mass is 261 g/mol. The summed E-state index contributed by atoms with van der Waals surface area (Å²) < 4.78 is 5.41. The first-order valence-corrected chi connectivity index (χ1v) is 6.94. The summed E-state index contributed by atoms with van der Waals surface area (Å²) in [7, 11) is 1.71. The first kappa shape index (κ1) is 13.0. The van der Waals surface area contributed by atoms with Crippen molar-refractivity contribution in [3.63, 3.8) is 0 Å². The lowest BCUT2D eigenvalue weighted by Crippen LogP contribution is -1.95. The van der Waals surface area contributed by atoms with Gasteiger partial charge >= 0.3 is 0 Å². The van der Waals surface area contributed by atoms with Crippen molar-refractivity contribution < 1.29 is 4.74 Å². The number of rotatable bonds is 3. The van der Waals surface area contributed by atoms with Gasteiger partial charge in [-0.2, -0.15) is 0 Å². The molecule has 0 saturated heterocycles. The number of hydrogen-bond acceptors (Lipinski definition) is 3. The Kier molecular flexibility index (Phi) is 3.62. The van der Waals surface area contributed by atoms with Crippen LogP contribution in [0.4, 0.5) is 5.69 Å². The molecular weight excluding hydrogens is 242 g/mol. The molecule has 0 bridgehead atoms. The number of ether oxygens (including phenoxy) is 1. The van der Waals surface area contributed by atoms with Gasteiger partial charge in [-0.1, -0.05) is 19.9 Å². The van der Waals surface area contributed by atoms with Crippen LogP contribution >= 0.6 is 11.3 Å². The molecule has 0 aliphatic rings. The highest BCUT2D eigenvalue weighted by molar-refractivity contribution is 7.11. The fraction of sp³-hybridized carbons (Fsp3) is 0.333. The average Bonchev–Trinajstić information content (AvgIpc) is 2.68. The van der Waals surface area contributed by atoms with Crippen LogP contribution in [0.5, 0.6) is 5.75 Å². The third kappa shape index (κ3) is 2.23. The third-order valence-electron chi connectivity index (χ3n) is 3.14. The van der Waals surface area contributed by atoms with Gasteiger partial charge in [0.25, 0.3) is 0 Å². The molecule has 0 fully saturated rings. The predicted octanol–water partition coefficient (Wildman–Crippen LogP) is 4.44. The van der Waals surface area contributed by atoms with E-state index in [2.05, 4.69) is 32.9 Å². The summed E-state index contributed by atoms with van der Waals surface area (Å²) in [5.41, 5.74) is 10.5. The molecule has 0 aliphatic heterocycles. The highest BCUT2D eigenvalue weighted by Crippen LogP contribution is 2.37. The maximum absolute atomic E-state index is 6.05. The zero-order valence-electron chi connectivity index (χ0n) is 11.3. The Labute approximate surface area is 112 Å². The first-order valence-electron chi connectivity index (χ1n) is 6.06. The van der Waals surface area contributed by atoms with Gasteiger partial charge in [0.2, 0.25) is 0 Å². The van der Waals surface area contributed by atoms with Crippen LogP contribution in [0.3, 0.4) is 0 Å². The summed E-state index contributed by atoms with van der Waals surface area (Å²) in [6.07, 6.45) is 0. The zero-order valence-corrected chi connectivity index (χ0v) is 12.1. The van der Waals surface area contributed by atoms with E-state index in [1.807, 2.05) is 11.4 Å². The van der Waals surface area contributed by atoms with Gasteiger partial charge in [-0.3, -0.25) is 0 Å². The van der Waals surface area contributed by atoms with E-state index >= 15 is 0 Å². The number of benzene rings is 1. The Morgan fingerprint density at radius 3 is 2.50 bits per heavy atom. The normalized spacial score (nSPS) is 10.9. The molecule has 96 valence electrons. The van der Waals surface area contributed by atoms with Gasteiger partial charge in [0, 0.05) is 15.8 Å². The Morgan fingerprint density at radius 2 is 2.00 bits per heavy atom. The van der Waals surface area contributed by atoms with Gasteiger partial charge in [-0.05, 0) is 36.1 Å². The number of nitrogens with two attached hydrogens (primary N) is 1. The van der Waals surface area contributed by atoms with Gasteiger partial charge < -0.3 is 10.5 Å². The number of aryl methyl sites for hydroxylation is 1. The van der Waals surface area contributed by atoms with Crippen LogP contribution in [0.25, 0.3) is 11.1 Å².